The molecule has 0 fully saturated rings. The van der Waals surface area contributed by atoms with E-state index in [9.17, 15) is 9.90 Å². The van der Waals surface area contributed by atoms with Gasteiger partial charge in [-0.1, -0.05) is 11.6 Å². The molecule has 3 heterocycles. The third kappa shape index (κ3) is 2.64. The van der Waals surface area contributed by atoms with E-state index < -0.39 is 5.63 Å². The number of nitrogens with zero attached hydrogens (tertiary/aromatic N) is 4. The van der Waals surface area contributed by atoms with Crippen molar-refractivity contribution in [3.8, 4) is 28.4 Å². The molecule has 0 saturated heterocycles. The molecule has 0 amide bonds. The smallest absolute Gasteiger partial charge is 0.349 e. The monoisotopic (exact) mass is 354 g/mol. The average Bonchev–Trinajstić information content (AvgIpc) is 2.99. The molecular weight excluding hydrogens is 344 g/mol. The largest absolute Gasteiger partial charge is 0.507 e. The number of aryl methyl sites for hydroxylation is 1. The van der Waals surface area contributed by atoms with Crippen LogP contribution in [0, 0.1) is 6.92 Å². The Morgan fingerprint density at radius 2 is 1.96 bits per heavy atom. The first kappa shape index (κ1) is 15.3. The Balaban J connectivity index is 1.95. The summed E-state index contributed by atoms with van der Waals surface area (Å²) in [7, 11) is 0. The minimum Gasteiger partial charge on any atom is -0.507 e. The van der Waals surface area contributed by atoms with E-state index in [1.165, 1.54) is 16.8 Å². The van der Waals surface area contributed by atoms with Crippen LogP contribution >= 0.6 is 11.6 Å². The molecule has 0 spiro atoms. The lowest BCUT2D eigenvalue weighted by atomic mass is 10.2. The van der Waals surface area contributed by atoms with Gasteiger partial charge in [0.2, 0.25) is 0 Å². The summed E-state index contributed by atoms with van der Waals surface area (Å²) in [6.45, 7) is 1.58. The third-order valence-electron chi connectivity index (χ3n) is 3.65. The standard InChI is InChI=1S/C17H11ClN4O3/c1-9-8-13(23)14(16(24)25-9)12-6-7-19-17-20-15(21-22(12)17)10-2-4-11(18)5-3-10/h2-8,23H,1H3. The van der Waals surface area contributed by atoms with Gasteiger partial charge in [0, 0.05) is 22.8 Å². The summed E-state index contributed by atoms with van der Waals surface area (Å²) in [6, 6.07) is 9.98. The van der Waals surface area contributed by atoms with Crippen LogP contribution in [-0.4, -0.2) is 24.7 Å². The second-order valence-corrected chi connectivity index (χ2v) is 5.83. The minimum atomic E-state index is -0.659. The Morgan fingerprint density at radius 1 is 1.20 bits per heavy atom. The molecular formula is C17H11ClN4O3. The van der Waals surface area contributed by atoms with Crippen molar-refractivity contribution in [1.29, 1.82) is 0 Å². The second kappa shape index (κ2) is 5.71. The minimum absolute atomic E-state index is 0.00514. The second-order valence-electron chi connectivity index (χ2n) is 5.39. The summed E-state index contributed by atoms with van der Waals surface area (Å²) in [5.41, 5.74) is 0.434. The predicted octanol–water partition coefficient (Wildman–Crippen LogP) is 3.08. The number of aromatic nitrogens is 4. The Kier molecular flexibility index (Phi) is 3.51. The van der Waals surface area contributed by atoms with Gasteiger partial charge in [-0.2, -0.15) is 9.50 Å². The normalized spacial score (nSPS) is 11.1. The van der Waals surface area contributed by atoms with Gasteiger partial charge in [0.25, 0.3) is 5.78 Å². The first-order valence-electron chi connectivity index (χ1n) is 7.35. The highest BCUT2D eigenvalue weighted by Crippen LogP contribution is 2.27. The number of halogens is 1. The molecule has 7 nitrogen and oxygen atoms in total. The lowest BCUT2D eigenvalue weighted by molar-refractivity contribution is 0.437. The summed E-state index contributed by atoms with van der Waals surface area (Å²) in [5, 5.41) is 15.2. The van der Waals surface area contributed by atoms with Crippen LogP contribution in [0.25, 0.3) is 28.4 Å². The number of hydrogen-bond donors (Lipinski definition) is 1. The molecule has 0 bridgehead atoms. The average molecular weight is 355 g/mol. The molecule has 0 aliphatic rings. The van der Waals surface area contributed by atoms with Crippen LogP contribution in [0.3, 0.4) is 0 Å². The number of rotatable bonds is 2. The lowest BCUT2D eigenvalue weighted by Crippen LogP contribution is -2.08. The summed E-state index contributed by atoms with van der Waals surface area (Å²) in [6.07, 6.45) is 1.49. The van der Waals surface area contributed by atoms with Crippen LogP contribution in [0.4, 0.5) is 0 Å². The van der Waals surface area contributed by atoms with Gasteiger partial charge in [-0.05, 0) is 37.3 Å². The summed E-state index contributed by atoms with van der Waals surface area (Å²) < 4.78 is 6.48. The van der Waals surface area contributed by atoms with E-state index in [1.807, 2.05) is 0 Å². The molecule has 0 aliphatic heterocycles. The highest BCUT2D eigenvalue weighted by molar-refractivity contribution is 6.30. The van der Waals surface area contributed by atoms with E-state index in [1.54, 1.807) is 37.3 Å². The van der Waals surface area contributed by atoms with E-state index in [0.717, 1.165) is 5.56 Å². The van der Waals surface area contributed by atoms with Crippen molar-refractivity contribution in [3.63, 3.8) is 0 Å². The number of fused-ring (bicyclic) bond motifs is 1. The Labute approximate surface area is 146 Å². The molecule has 0 atom stereocenters. The van der Waals surface area contributed by atoms with E-state index in [-0.39, 0.29) is 11.3 Å². The van der Waals surface area contributed by atoms with E-state index in [0.29, 0.717) is 28.1 Å². The van der Waals surface area contributed by atoms with E-state index in [4.69, 9.17) is 16.0 Å². The molecule has 4 aromatic rings. The van der Waals surface area contributed by atoms with Crippen molar-refractivity contribution in [2.24, 2.45) is 0 Å². The SMILES string of the molecule is Cc1cc(O)c(-c2ccnc3nc(-c4ccc(Cl)cc4)nn23)c(=O)o1. The van der Waals surface area contributed by atoms with Crippen molar-refractivity contribution in [2.45, 2.75) is 6.92 Å². The molecule has 0 radical (unpaired) electrons. The van der Waals surface area contributed by atoms with Gasteiger partial charge in [-0.15, -0.1) is 5.10 Å². The zero-order chi connectivity index (χ0) is 17.6. The number of hydrogen-bond acceptors (Lipinski definition) is 6. The molecule has 0 unspecified atom stereocenters. The Bertz CT molecular complexity index is 1150. The highest BCUT2D eigenvalue weighted by Gasteiger charge is 2.18. The molecule has 124 valence electrons. The summed E-state index contributed by atoms with van der Waals surface area (Å²) in [4.78, 5) is 20.7. The molecule has 0 aliphatic carbocycles. The van der Waals surface area contributed by atoms with Crippen molar-refractivity contribution < 1.29 is 9.52 Å². The van der Waals surface area contributed by atoms with Crippen LogP contribution in [-0.2, 0) is 0 Å². The fraction of sp³-hybridized carbons (Fsp3) is 0.0588. The number of aromatic hydroxyl groups is 1. The van der Waals surface area contributed by atoms with Gasteiger partial charge in [0.15, 0.2) is 5.82 Å². The highest BCUT2D eigenvalue weighted by atomic mass is 35.5. The van der Waals surface area contributed by atoms with Gasteiger partial charge < -0.3 is 9.52 Å². The topological polar surface area (TPSA) is 93.5 Å². The van der Waals surface area contributed by atoms with Crippen molar-refractivity contribution in [1.82, 2.24) is 19.6 Å². The van der Waals surface area contributed by atoms with Crippen LogP contribution in [0.2, 0.25) is 5.02 Å². The zero-order valence-electron chi connectivity index (χ0n) is 13.0. The zero-order valence-corrected chi connectivity index (χ0v) is 13.7. The maximum absolute atomic E-state index is 12.2. The maximum atomic E-state index is 12.2. The molecule has 1 N–H and O–H groups in total. The molecule has 8 heteroatoms. The van der Waals surface area contributed by atoms with E-state index >= 15 is 0 Å². The third-order valence-corrected chi connectivity index (χ3v) is 3.91. The van der Waals surface area contributed by atoms with Crippen LogP contribution in [0.15, 0.2) is 51.8 Å². The quantitative estimate of drug-likeness (QED) is 0.594. The summed E-state index contributed by atoms with van der Waals surface area (Å²) >= 11 is 5.90. The summed E-state index contributed by atoms with van der Waals surface area (Å²) in [5.74, 6) is 0.844. The predicted molar refractivity (Wildman–Crippen MR) is 91.6 cm³/mol. The van der Waals surface area contributed by atoms with Crippen molar-refractivity contribution in [2.75, 3.05) is 0 Å². The van der Waals surface area contributed by atoms with Gasteiger partial charge in [-0.3, -0.25) is 0 Å². The van der Waals surface area contributed by atoms with E-state index in [2.05, 4.69) is 15.1 Å². The van der Waals surface area contributed by atoms with Gasteiger partial charge in [0.1, 0.15) is 17.1 Å². The van der Waals surface area contributed by atoms with Crippen LogP contribution in [0.5, 0.6) is 5.75 Å². The van der Waals surface area contributed by atoms with Gasteiger partial charge >= 0.3 is 5.63 Å². The molecule has 3 aromatic heterocycles. The lowest BCUT2D eigenvalue weighted by Gasteiger charge is -2.05. The molecule has 1 aromatic carbocycles. The molecule has 0 saturated carbocycles. The van der Waals surface area contributed by atoms with Crippen molar-refractivity contribution >= 4 is 17.4 Å². The fourth-order valence-corrected chi connectivity index (χ4v) is 2.66. The van der Waals surface area contributed by atoms with Crippen LogP contribution in [0.1, 0.15) is 5.76 Å². The van der Waals surface area contributed by atoms with Gasteiger partial charge in [-0.25, -0.2) is 9.78 Å². The molecule has 4 rings (SSSR count). The Morgan fingerprint density at radius 3 is 2.68 bits per heavy atom. The number of benzene rings is 1. The maximum Gasteiger partial charge on any atom is 0.349 e. The van der Waals surface area contributed by atoms with Crippen LogP contribution < -0.4 is 5.63 Å². The molecule has 25 heavy (non-hydrogen) atoms. The van der Waals surface area contributed by atoms with Crippen molar-refractivity contribution in [3.05, 3.63) is 63.8 Å². The Hall–Kier alpha value is -3.19. The first-order chi connectivity index (χ1) is 12.0. The fourth-order valence-electron chi connectivity index (χ4n) is 2.54. The van der Waals surface area contributed by atoms with Gasteiger partial charge in [0.05, 0.1) is 5.69 Å². The first-order valence-corrected chi connectivity index (χ1v) is 7.72.